The molecule has 0 unspecified atom stereocenters. The summed E-state index contributed by atoms with van der Waals surface area (Å²) in [5, 5.41) is 5.05. The highest BCUT2D eigenvalue weighted by Crippen LogP contribution is 2.23. The van der Waals surface area contributed by atoms with Crippen LogP contribution in [0.2, 0.25) is 0 Å². The number of carbonyl (C=O) groups excluding carboxylic acids is 2. The molecule has 0 aliphatic carbocycles. The van der Waals surface area contributed by atoms with Gasteiger partial charge < -0.3 is 10.6 Å². The number of hydrogen-bond donors (Lipinski definition) is 2. The molecule has 2 N–H and O–H groups in total. The Kier molecular flexibility index (Phi) is 4.56. The molecule has 0 fully saturated rings. The lowest BCUT2D eigenvalue weighted by Gasteiger charge is -2.19. The lowest BCUT2D eigenvalue weighted by Crippen LogP contribution is -2.29. The summed E-state index contributed by atoms with van der Waals surface area (Å²) < 4.78 is 0. The van der Waals surface area contributed by atoms with Gasteiger partial charge >= 0.3 is 11.8 Å². The van der Waals surface area contributed by atoms with Gasteiger partial charge in [-0.2, -0.15) is 0 Å². The van der Waals surface area contributed by atoms with E-state index in [1.807, 2.05) is 12.1 Å². The van der Waals surface area contributed by atoms with Gasteiger partial charge in [-0.3, -0.25) is 14.6 Å². The van der Waals surface area contributed by atoms with Crippen LogP contribution >= 0.6 is 0 Å². The third-order valence-corrected chi connectivity index (χ3v) is 3.13. The fraction of sp³-hybridized carbons (Fsp3) is 0.235. The van der Waals surface area contributed by atoms with Crippen LogP contribution in [0.3, 0.4) is 0 Å². The molecule has 5 heteroatoms. The first-order valence-corrected chi connectivity index (χ1v) is 6.99. The van der Waals surface area contributed by atoms with Crippen molar-refractivity contribution in [2.45, 2.75) is 26.2 Å². The predicted molar refractivity (Wildman–Crippen MR) is 86.6 cm³/mol. The van der Waals surface area contributed by atoms with E-state index in [0.717, 1.165) is 5.56 Å². The summed E-state index contributed by atoms with van der Waals surface area (Å²) in [6.45, 7) is 6.34. The monoisotopic (exact) mass is 297 g/mol. The number of amides is 2. The Morgan fingerprint density at radius 3 is 2.00 bits per heavy atom. The number of carbonyl (C=O) groups is 2. The largest absolute Gasteiger partial charge is 0.318 e. The fourth-order valence-corrected chi connectivity index (χ4v) is 1.87. The minimum Gasteiger partial charge on any atom is -0.318 e. The van der Waals surface area contributed by atoms with E-state index in [9.17, 15) is 9.59 Å². The molecule has 1 aromatic heterocycles. The van der Waals surface area contributed by atoms with Crippen molar-refractivity contribution in [2.75, 3.05) is 10.6 Å². The summed E-state index contributed by atoms with van der Waals surface area (Å²) in [7, 11) is 0. The number of hydrogen-bond acceptors (Lipinski definition) is 3. The van der Waals surface area contributed by atoms with E-state index in [1.165, 1.54) is 6.20 Å². The Hall–Kier alpha value is -2.69. The highest BCUT2D eigenvalue weighted by molar-refractivity contribution is 6.43. The number of benzene rings is 1. The number of aromatic nitrogens is 1. The van der Waals surface area contributed by atoms with Crippen LogP contribution in [-0.2, 0) is 15.0 Å². The Morgan fingerprint density at radius 1 is 0.909 bits per heavy atom. The zero-order valence-corrected chi connectivity index (χ0v) is 12.9. The summed E-state index contributed by atoms with van der Waals surface area (Å²) in [6.07, 6.45) is 3.07. The lowest BCUT2D eigenvalue weighted by atomic mass is 9.87. The molecule has 0 atom stereocenters. The van der Waals surface area contributed by atoms with Gasteiger partial charge in [0.05, 0.1) is 11.9 Å². The van der Waals surface area contributed by atoms with Crippen molar-refractivity contribution in [3.8, 4) is 0 Å². The van der Waals surface area contributed by atoms with Crippen LogP contribution in [-0.4, -0.2) is 16.8 Å². The smallest absolute Gasteiger partial charge is 0.314 e. The minimum absolute atomic E-state index is 0.0419. The van der Waals surface area contributed by atoms with Gasteiger partial charge in [-0.25, -0.2) is 0 Å². The van der Waals surface area contributed by atoms with E-state index in [-0.39, 0.29) is 5.41 Å². The summed E-state index contributed by atoms with van der Waals surface area (Å²) in [5.41, 5.74) is 2.26. The van der Waals surface area contributed by atoms with Gasteiger partial charge in [0.15, 0.2) is 0 Å². The van der Waals surface area contributed by atoms with E-state index >= 15 is 0 Å². The lowest BCUT2D eigenvalue weighted by molar-refractivity contribution is -0.133. The molecule has 0 bridgehead atoms. The van der Waals surface area contributed by atoms with Crippen molar-refractivity contribution < 1.29 is 9.59 Å². The number of nitrogens with zero attached hydrogens (tertiary/aromatic N) is 1. The van der Waals surface area contributed by atoms with Crippen molar-refractivity contribution in [1.29, 1.82) is 0 Å². The second-order valence-electron chi connectivity index (χ2n) is 5.98. The van der Waals surface area contributed by atoms with Crippen molar-refractivity contribution in [2.24, 2.45) is 0 Å². The summed E-state index contributed by atoms with van der Waals surface area (Å²) in [6, 6.07) is 10.8. The molecule has 0 radical (unpaired) electrons. The highest BCUT2D eigenvalue weighted by atomic mass is 16.2. The van der Waals surface area contributed by atoms with E-state index < -0.39 is 11.8 Å². The van der Waals surface area contributed by atoms with E-state index in [0.29, 0.717) is 11.4 Å². The molecule has 0 aliphatic rings. The molecule has 5 nitrogen and oxygen atoms in total. The maximum absolute atomic E-state index is 11.9. The molecule has 22 heavy (non-hydrogen) atoms. The molecule has 114 valence electrons. The van der Waals surface area contributed by atoms with E-state index in [2.05, 4.69) is 36.4 Å². The first kappa shape index (κ1) is 15.7. The van der Waals surface area contributed by atoms with Crippen LogP contribution < -0.4 is 10.6 Å². The van der Waals surface area contributed by atoms with Gasteiger partial charge in [-0.1, -0.05) is 32.9 Å². The molecule has 0 aliphatic heterocycles. The molecule has 2 rings (SSSR count). The Bertz CT molecular complexity index is 659. The van der Waals surface area contributed by atoms with E-state index in [4.69, 9.17) is 0 Å². The molecular weight excluding hydrogens is 278 g/mol. The average Bonchev–Trinajstić information content (AvgIpc) is 2.48. The third kappa shape index (κ3) is 4.15. The second kappa shape index (κ2) is 6.39. The SMILES string of the molecule is CC(C)(C)c1ccc(NC(=O)C(=O)Nc2cccnc2)cc1. The summed E-state index contributed by atoms with van der Waals surface area (Å²) >= 11 is 0. The fourth-order valence-electron chi connectivity index (χ4n) is 1.87. The zero-order chi connectivity index (χ0) is 16.2. The van der Waals surface area contributed by atoms with Crippen molar-refractivity contribution in [3.05, 3.63) is 54.4 Å². The number of anilines is 2. The molecular formula is C17H19N3O2. The minimum atomic E-state index is -0.729. The average molecular weight is 297 g/mol. The van der Waals surface area contributed by atoms with Gasteiger partial charge in [-0.15, -0.1) is 0 Å². The number of nitrogens with one attached hydrogen (secondary N) is 2. The van der Waals surface area contributed by atoms with Crippen LogP contribution in [0.25, 0.3) is 0 Å². The van der Waals surface area contributed by atoms with E-state index in [1.54, 1.807) is 30.5 Å². The summed E-state index contributed by atoms with van der Waals surface area (Å²) in [4.78, 5) is 27.5. The highest BCUT2D eigenvalue weighted by Gasteiger charge is 2.16. The van der Waals surface area contributed by atoms with Crippen molar-refractivity contribution >= 4 is 23.2 Å². The van der Waals surface area contributed by atoms with Gasteiger partial charge in [0.2, 0.25) is 0 Å². The third-order valence-electron chi connectivity index (χ3n) is 3.13. The molecule has 0 saturated heterocycles. The van der Waals surface area contributed by atoms with Crippen LogP contribution in [0.1, 0.15) is 26.3 Å². The molecule has 1 aromatic carbocycles. The summed E-state index contributed by atoms with van der Waals surface area (Å²) in [5.74, 6) is -1.44. The molecule has 2 amide bonds. The van der Waals surface area contributed by atoms with Crippen LogP contribution in [0, 0.1) is 0 Å². The van der Waals surface area contributed by atoms with Gasteiger partial charge in [0.25, 0.3) is 0 Å². The predicted octanol–water partition coefficient (Wildman–Crippen LogP) is 2.96. The molecule has 0 spiro atoms. The standard InChI is InChI=1S/C17H19N3O2/c1-17(2,3)12-6-8-13(9-7-12)19-15(21)16(22)20-14-5-4-10-18-11-14/h4-11H,1-3H3,(H,19,21)(H,20,22). The zero-order valence-electron chi connectivity index (χ0n) is 12.9. The Balaban J connectivity index is 1.98. The van der Waals surface area contributed by atoms with Crippen LogP contribution in [0.15, 0.2) is 48.8 Å². The molecule has 0 saturated carbocycles. The van der Waals surface area contributed by atoms with Crippen LogP contribution in [0.5, 0.6) is 0 Å². The van der Waals surface area contributed by atoms with Crippen LogP contribution in [0.4, 0.5) is 11.4 Å². The Morgan fingerprint density at radius 2 is 1.50 bits per heavy atom. The Labute approximate surface area is 129 Å². The van der Waals surface area contributed by atoms with Crippen molar-refractivity contribution in [1.82, 2.24) is 4.98 Å². The van der Waals surface area contributed by atoms with Gasteiger partial charge in [-0.05, 0) is 35.2 Å². The normalized spacial score (nSPS) is 10.9. The molecule has 1 heterocycles. The first-order chi connectivity index (χ1) is 10.4. The van der Waals surface area contributed by atoms with Gasteiger partial charge in [0, 0.05) is 11.9 Å². The molecule has 2 aromatic rings. The number of pyridine rings is 1. The quantitative estimate of drug-likeness (QED) is 0.837. The topological polar surface area (TPSA) is 71.1 Å². The maximum atomic E-state index is 11.9. The van der Waals surface area contributed by atoms with Crippen molar-refractivity contribution in [3.63, 3.8) is 0 Å². The number of rotatable bonds is 2. The maximum Gasteiger partial charge on any atom is 0.314 e. The first-order valence-electron chi connectivity index (χ1n) is 6.99. The van der Waals surface area contributed by atoms with Gasteiger partial charge in [0.1, 0.15) is 0 Å². The second-order valence-corrected chi connectivity index (χ2v) is 5.98.